The normalized spacial score (nSPS) is 29.3. The number of hydrogen-bond acceptors (Lipinski definition) is 8. The molecule has 4 aliphatic carbocycles. The second-order valence-corrected chi connectivity index (χ2v) is 10.3. The van der Waals surface area contributed by atoms with Crippen LogP contribution >= 0.6 is 11.3 Å². The van der Waals surface area contributed by atoms with Crippen LogP contribution in [-0.2, 0) is 0 Å². The van der Waals surface area contributed by atoms with Crippen molar-refractivity contribution in [3.8, 4) is 5.75 Å². The number of fused-ring (bicyclic) bond motifs is 1. The van der Waals surface area contributed by atoms with Gasteiger partial charge in [-0.15, -0.1) is 0 Å². The van der Waals surface area contributed by atoms with Crippen LogP contribution in [0.4, 0.5) is 22.5 Å². The lowest BCUT2D eigenvalue weighted by atomic mass is 9.53. The van der Waals surface area contributed by atoms with Crippen LogP contribution < -0.4 is 21.1 Å². The molecule has 0 atom stereocenters. The number of nitrogen functional groups attached to an aromatic ring is 1. The first-order valence-electron chi connectivity index (χ1n) is 10.7. The zero-order chi connectivity index (χ0) is 20.3. The largest absolute Gasteiger partial charge is 0.497 e. The number of aromatic nitrogens is 3. The van der Waals surface area contributed by atoms with Crippen molar-refractivity contribution in [3.05, 3.63) is 24.5 Å². The maximum absolute atomic E-state index is 6.51. The summed E-state index contributed by atoms with van der Waals surface area (Å²) in [7, 11) is 1.67. The highest BCUT2D eigenvalue weighted by molar-refractivity contribution is 7.22. The van der Waals surface area contributed by atoms with Crippen LogP contribution in [0.3, 0.4) is 0 Å². The Kier molecular flexibility index (Phi) is 4.06. The highest BCUT2D eigenvalue weighted by Crippen LogP contribution is 2.56. The quantitative estimate of drug-likeness (QED) is 0.543. The summed E-state index contributed by atoms with van der Waals surface area (Å²) in [4.78, 5) is 13.5. The maximum Gasteiger partial charge on any atom is 0.189 e. The molecule has 30 heavy (non-hydrogen) atoms. The molecule has 2 heterocycles. The Morgan fingerprint density at radius 3 is 2.47 bits per heavy atom. The average molecular weight is 423 g/mol. The fourth-order valence-corrected chi connectivity index (χ4v) is 7.19. The fourth-order valence-electron chi connectivity index (χ4n) is 6.30. The number of methoxy groups -OCH3 is 1. The van der Waals surface area contributed by atoms with Crippen LogP contribution in [0.2, 0.25) is 0 Å². The van der Waals surface area contributed by atoms with Gasteiger partial charge < -0.3 is 21.1 Å². The van der Waals surface area contributed by atoms with E-state index in [2.05, 4.69) is 25.6 Å². The third-order valence-corrected chi connectivity index (χ3v) is 8.06. The van der Waals surface area contributed by atoms with Crippen molar-refractivity contribution in [2.24, 2.45) is 17.8 Å². The van der Waals surface area contributed by atoms with Crippen LogP contribution in [-0.4, -0.2) is 27.6 Å². The van der Waals surface area contributed by atoms with Crippen molar-refractivity contribution in [2.45, 2.75) is 44.1 Å². The van der Waals surface area contributed by atoms with Gasteiger partial charge in [0.2, 0.25) is 0 Å². The van der Waals surface area contributed by atoms with Crippen molar-refractivity contribution < 1.29 is 4.74 Å². The number of rotatable bonds is 5. The zero-order valence-corrected chi connectivity index (χ0v) is 17.8. The number of anilines is 4. The monoisotopic (exact) mass is 422 g/mol. The van der Waals surface area contributed by atoms with Gasteiger partial charge in [-0.25, -0.2) is 15.0 Å². The summed E-state index contributed by atoms with van der Waals surface area (Å²) in [5, 5.41) is 7.83. The molecular formula is C22H26N6OS. The van der Waals surface area contributed by atoms with Crippen molar-refractivity contribution >= 4 is 44.0 Å². The number of nitrogens with two attached hydrogens (primary N) is 1. The SMILES string of the molecule is COc1ccc2nc(Nc3ncnc(NC45CC6CC(CC(C6)C4)C5)c3N)sc2c1. The molecule has 0 aliphatic heterocycles. The van der Waals surface area contributed by atoms with Crippen molar-refractivity contribution in [2.75, 3.05) is 23.5 Å². The summed E-state index contributed by atoms with van der Waals surface area (Å²) in [6.07, 6.45) is 9.54. The van der Waals surface area contributed by atoms with Gasteiger partial charge in [0.05, 0.1) is 17.3 Å². The molecule has 0 amide bonds. The van der Waals surface area contributed by atoms with Gasteiger partial charge in [-0.1, -0.05) is 11.3 Å². The predicted octanol–water partition coefficient (Wildman–Crippen LogP) is 4.80. The minimum absolute atomic E-state index is 0.154. The summed E-state index contributed by atoms with van der Waals surface area (Å²) in [5.41, 5.74) is 8.14. The Hall–Kier alpha value is -2.61. The highest BCUT2D eigenvalue weighted by atomic mass is 32.1. The molecule has 0 radical (unpaired) electrons. The molecule has 4 fully saturated rings. The standard InChI is InChI=1S/C22H26N6OS/c1-29-15-2-3-16-17(7-15)30-21(26-16)27-19-18(23)20(25-11-24-19)28-22-8-12-4-13(9-22)6-14(5-12)10-22/h2-3,7,11-14H,4-6,8-10,23H2,1H3,(H2,24,25,26,27,28). The van der Waals surface area contributed by atoms with E-state index in [1.54, 1.807) is 24.8 Å². The number of nitrogens with zero attached hydrogens (tertiary/aromatic N) is 3. The van der Waals surface area contributed by atoms with Crippen LogP contribution in [0.15, 0.2) is 24.5 Å². The Morgan fingerprint density at radius 1 is 1.07 bits per heavy atom. The van der Waals surface area contributed by atoms with Gasteiger partial charge in [0.15, 0.2) is 16.8 Å². The zero-order valence-electron chi connectivity index (χ0n) is 17.0. The molecule has 1 aromatic carbocycles. The average Bonchev–Trinajstić information content (AvgIpc) is 3.11. The molecule has 2 aromatic heterocycles. The van der Waals surface area contributed by atoms with E-state index in [0.29, 0.717) is 11.5 Å². The molecule has 4 bridgehead atoms. The minimum Gasteiger partial charge on any atom is -0.497 e. The molecule has 0 saturated heterocycles. The summed E-state index contributed by atoms with van der Waals surface area (Å²) < 4.78 is 6.36. The van der Waals surface area contributed by atoms with Gasteiger partial charge in [0, 0.05) is 5.54 Å². The van der Waals surface area contributed by atoms with Gasteiger partial charge >= 0.3 is 0 Å². The van der Waals surface area contributed by atoms with E-state index in [9.17, 15) is 0 Å². The molecule has 7 rings (SSSR count). The van der Waals surface area contributed by atoms with Gasteiger partial charge in [-0.3, -0.25) is 0 Å². The summed E-state index contributed by atoms with van der Waals surface area (Å²) in [5.74, 6) is 4.76. The molecule has 0 spiro atoms. The van der Waals surface area contributed by atoms with Crippen LogP contribution in [0.5, 0.6) is 5.75 Å². The molecule has 3 aromatic rings. The number of thiazole rings is 1. The van der Waals surface area contributed by atoms with E-state index in [1.165, 1.54) is 38.5 Å². The summed E-state index contributed by atoms with van der Waals surface area (Å²) in [6, 6.07) is 5.86. The first-order valence-corrected chi connectivity index (χ1v) is 11.5. The third-order valence-electron chi connectivity index (χ3n) is 7.13. The lowest BCUT2D eigenvalue weighted by molar-refractivity contribution is 0.0106. The molecule has 0 unspecified atom stereocenters. The third kappa shape index (κ3) is 3.05. The lowest BCUT2D eigenvalue weighted by Crippen LogP contribution is -2.55. The molecule has 8 heteroatoms. The van der Waals surface area contributed by atoms with Gasteiger partial charge in [0.25, 0.3) is 0 Å². The van der Waals surface area contributed by atoms with Gasteiger partial charge in [-0.05, 0) is 74.5 Å². The Bertz CT molecular complexity index is 1080. The summed E-state index contributed by atoms with van der Waals surface area (Å²) in [6.45, 7) is 0. The maximum atomic E-state index is 6.51. The summed E-state index contributed by atoms with van der Waals surface area (Å²) >= 11 is 1.55. The molecule has 4 N–H and O–H groups in total. The fraction of sp³-hybridized carbons (Fsp3) is 0.500. The highest BCUT2D eigenvalue weighted by Gasteiger charge is 2.51. The molecule has 156 valence electrons. The topological polar surface area (TPSA) is 98.0 Å². The molecule has 4 saturated carbocycles. The minimum atomic E-state index is 0.154. The second-order valence-electron chi connectivity index (χ2n) is 9.29. The van der Waals surface area contributed by atoms with Crippen LogP contribution in [0.25, 0.3) is 10.2 Å². The first-order chi connectivity index (χ1) is 14.6. The smallest absolute Gasteiger partial charge is 0.189 e. The van der Waals surface area contributed by atoms with E-state index in [-0.39, 0.29) is 5.54 Å². The van der Waals surface area contributed by atoms with Crippen LogP contribution in [0.1, 0.15) is 38.5 Å². The van der Waals surface area contributed by atoms with E-state index < -0.39 is 0 Å². The van der Waals surface area contributed by atoms with Gasteiger partial charge in [0.1, 0.15) is 17.8 Å². The number of benzene rings is 1. The Balaban J connectivity index is 1.26. The van der Waals surface area contributed by atoms with E-state index in [4.69, 9.17) is 10.5 Å². The molecule has 7 nitrogen and oxygen atoms in total. The van der Waals surface area contributed by atoms with E-state index >= 15 is 0 Å². The second kappa shape index (κ2) is 6.70. The molecule has 4 aliphatic rings. The Morgan fingerprint density at radius 2 is 1.77 bits per heavy atom. The predicted molar refractivity (Wildman–Crippen MR) is 120 cm³/mol. The van der Waals surface area contributed by atoms with Crippen molar-refractivity contribution in [3.63, 3.8) is 0 Å². The van der Waals surface area contributed by atoms with Crippen LogP contribution in [0, 0.1) is 17.8 Å². The first kappa shape index (κ1) is 18.2. The number of nitrogens with one attached hydrogen (secondary N) is 2. The van der Waals surface area contributed by atoms with Gasteiger partial charge in [-0.2, -0.15) is 0 Å². The number of ether oxygens (including phenoxy) is 1. The van der Waals surface area contributed by atoms with Crippen molar-refractivity contribution in [1.29, 1.82) is 0 Å². The van der Waals surface area contributed by atoms with E-state index in [0.717, 1.165) is 44.7 Å². The Labute approximate surface area is 179 Å². The van der Waals surface area contributed by atoms with Crippen molar-refractivity contribution in [1.82, 2.24) is 15.0 Å². The van der Waals surface area contributed by atoms with E-state index in [1.807, 2.05) is 18.2 Å². The lowest BCUT2D eigenvalue weighted by Gasteiger charge is -2.57. The molecular weight excluding hydrogens is 396 g/mol. The number of hydrogen-bond donors (Lipinski definition) is 3.